The summed E-state index contributed by atoms with van der Waals surface area (Å²) in [5.74, 6) is 0.912. The van der Waals surface area contributed by atoms with Crippen LogP contribution in [0, 0.1) is 0 Å². The van der Waals surface area contributed by atoms with Crippen LogP contribution in [0.2, 0.25) is 0 Å². The van der Waals surface area contributed by atoms with Crippen molar-refractivity contribution in [2.24, 2.45) is 0 Å². The summed E-state index contributed by atoms with van der Waals surface area (Å²) in [5.41, 5.74) is 0.659. The topological polar surface area (TPSA) is 83.4 Å². The quantitative estimate of drug-likeness (QED) is 0.841. The van der Waals surface area contributed by atoms with Crippen molar-refractivity contribution >= 4 is 23.4 Å². The molecule has 3 heterocycles. The maximum atomic E-state index is 12.1. The van der Waals surface area contributed by atoms with Crippen molar-refractivity contribution in [3.8, 4) is 0 Å². The fourth-order valence-corrected chi connectivity index (χ4v) is 3.38. The average Bonchev–Trinajstić information content (AvgIpc) is 3.13. The minimum absolute atomic E-state index is 0.136. The first-order valence-corrected chi connectivity index (χ1v) is 8.05. The number of nitrogens with one attached hydrogen (secondary N) is 1. The second-order valence-corrected chi connectivity index (χ2v) is 5.94. The maximum absolute atomic E-state index is 12.1. The van der Waals surface area contributed by atoms with Gasteiger partial charge >= 0.3 is 0 Å². The third kappa shape index (κ3) is 2.80. The average molecular weight is 307 g/mol. The fraction of sp³-hybridized carbons (Fsp3) is 0.538. The monoisotopic (exact) mass is 307 g/mol. The van der Waals surface area contributed by atoms with Crippen LogP contribution in [-0.4, -0.2) is 49.2 Å². The lowest BCUT2D eigenvalue weighted by Gasteiger charge is -2.14. The highest BCUT2D eigenvalue weighted by Crippen LogP contribution is 2.19. The summed E-state index contributed by atoms with van der Waals surface area (Å²) in [6.07, 6.45) is 2.88. The Hall–Kier alpha value is -1.83. The zero-order valence-electron chi connectivity index (χ0n) is 11.8. The first kappa shape index (κ1) is 14.1. The van der Waals surface area contributed by atoms with E-state index in [0.717, 1.165) is 31.6 Å². The Labute approximate surface area is 125 Å². The molecule has 0 spiro atoms. The molecule has 7 nitrogen and oxygen atoms in total. The Balaban J connectivity index is 1.81. The SMILES string of the molecule is CCc1cc(=O)[nH]c2nnc(SCC(=O)N3CCCC3)n12. The molecule has 1 aliphatic rings. The van der Waals surface area contributed by atoms with Crippen LogP contribution in [0.5, 0.6) is 0 Å². The number of aromatic nitrogens is 4. The summed E-state index contributed by atoms with van der Waals surface area (Å²) in [6, 6.07) is 1.54. The third-order valence-electron chi connectivity index (χ3n) is 3.60. The zero-order valence-corrected chi connectivity index (χ0v) is 12.7. The molecule has 1 fully saturated rings. The number of aryl methyl sites for hydroxylation is 1. The number of aromatic amines is 1. The number of fused-ring (bicyclic) bond motifs is 1. The van der Waals surface area contributed by atoms with Gasteiger partial charge < -0.3 is 4.90 Å². The lowest BCUT2D eigenvalue weighted by atomic mass is 10.3. The molecule has 0 unspecified atom stereocenters. The van der Waals surface area contributed by atoms with Gasteiger partial charge in [0.1, 0.15) is 0 Å². The summed E-state index contributed by atoms with van der Waals surface area (Å²) in [7, 11) is 0. The van der Waals surface area contributed by atoms with Crippen LogP contribution in [0.25, 0.3) is 5.78 Å². The molecule has 1 amide bonds. The zero-order chi connectivity index (χ0) is 14.8. The van der Waals surface area contributed by atoms with Crippen molar-refractivity contribution in [2.45, 2.75) is 31.3 Å². The van der Waals surface area contributed by atoms with E-state index in [1.807, 2.05) is 16.2 Å². The molecule has 0 radical (unpaired) electrons. The molecule has 1 saturated heterocycles. The smallest absolute Gasteiger partial charge is 0.252 e. The number of amides is 1. The molecule has 8 heteroatoms. The number of thioether (sulfide) groups is 1. The maximum Gasteiger partial charge on any atom is 0.252 e. The number of rotatable bonds is 4. The van der Waals surface area contributed by atoms with Gasteiger partial charge in [0.25, 0.3) is 5.56 Å². The molecule has 0 aromatic carbocycles. The van der Waals surface area contributed by atoms with E-state index in [2.05, 4.69) is 15.2 Å². The molecular formula is C13H17N5O2S. The van der Waals surface area contributed by atoms with Gasteiger partial charge in [0.05, 0.1) is 5.75 Å². The van der Waals surface area contributed by atoms with Crippen molar-refractivity contribution in [1.29, 1.82) is 0 Å². The number of hydrogen-bond donors (Lipinski definition) is 1. The molecule has 112 valence electrons. The van der Waals surface area contributed by atoms with Gasteiger partial charge in [-0.25, -0.2) is 0 Å². The van der Waals surface area contributed by atoms with E-state index < -0.39 is 0 Å². The van der Waals surface area contributed by atoms with Crippen LogP contribution >= 0.6 is 11.8 Å². The second-order valence-electron chi connectivity index (χ2n) is 5.00. The lowest BCUT2D eigenvalue weighted by molar-refractivity contribution is -0.127. The Bertz CT molecular complexity index is 717. The van der Waals surface area contributed by atoms with Crippen LogP contribution < -0.4 is 5.56 Å². The number of likely N-dealkylation sites (tertiary alicyclic amines) is 1. The largest absolute Gasteiger partial charge is 0.342 e. The third-order valence-corrected chi connectivity index (χ3v) is 4.51. The van der Waals surface area contributed by atoms with Crippen molar-refractivity contribution in [2.75, 3.05) is 18.8 Å². The molecule has 1 aliphatic heterocycles. The minimum atomic E-state index is -0.184. The van der Waals surface area contributed by atoms with Crippen LogP contribution in [0.4, 0.5) is 0 Å². The molecule has 21 heavy (non-hydrogen) atoms. The molecule has 0 aliphatic carbocycles. The number of H-pyrrole nitrogens is 1. The van der Waals surface area contributed by atoms with Crippen LogP contribution in [-0.2, 0) is 11.2 Å². The van der Waals surface area contributed by atoms with Gasteiger partial charge in [-0.1, -0.05) is 18.7 Å². The molecule has 2 aromatic rings. The molecule has 1 N–H and O–H groups in total. The van der Waals surface area contributed by atoms with Gasteiger partial charge in [-0.2, -0.15) is 0 Å². The van der Waals surface area contributed by atoms with Crippen LogP contribution in [0.15, 0.2) is 16.0 Å². The Morgan fingerprint density at radius 1 is 1.38 bits per heavy atom. The van der Waals surface area contributed by atoms with Gasteiger partial charge in [0, 0.05) is 24.8 Å². The second kappa shape index (κ2) is 5.88. The van der Waals surface area contributed by atoms with Crippen molar-refractivity contribution in [3.05, 3.63) is 22.1 Å². The summed E-state index contributed by atoms with van der Waals surface area (Å²) >= 11 is 1.36. The Morgan fingerprint density at radius 3 is 2.86 bits per heavy atom. The van der Waals surface area contributed by atoms with Gasteiger partial charge in [0.2, 0.25) is 11.7 Å². The predicted octanol–water partition coefficient (Wildman–Crippen LogP) is 0.694. The summed E-state index contributed by atoms with van der Waals surface area (Å²) < 4.78 is 1.81. The van der Waals surface area contributed by atoms with Crippen molar-refractivity contribution in [3.63, 3.8) is 0 Å². The van der Waals surface area contributed by atoms with E-state index in [-0.39, 0.29) is 11.5 Å². The van der Waals surface area contributed by atoms with E-state index in [1.54, 1.807) is 6.07 Å². The highest BCUT2D eigenvalue weighted by Gasteiger charge is 2.19. The van der Waals surface area contributed by atoms with Gasteiger partial charge in [0.15, 0.2) is 5.16 Å². The molecule has 2 aromatic heterocycles. The first-order valence-electron chi connectivity index (χ1n) is 7.07. The first-order chi connectivity index (χ1) is 10.2. The van der Waals surface area contributed by atoms with E-state index in [9.17, 15) is 9.59 Å². The number of carbonyl (C=O) groups is 1. The predicted molar refractivity (Wildman–Crippen MR) is 79.5 cm³/mol. The Morgan fingerprint density at radius 2 is 2.14 bits per heavy atom. The highest BCUT2D eigenvalue weighted by molar-refractivity contribution is 7.99. The normalized spacial score (nSPS) is 15.0. The number of carbonyl (C=O) groups excluding carboxylic acids is 1. The fourth-order valence-electron chi connectivity index (χ4n) is 2.51. The standard InChI is InChI=1S/C13H17N5O2S/c1-2-9-7-10(19)14-12-15-16-13(18(9)12)21-8-11(20)17-5-3-4-6-17/h7H,2-6,8H2,1H3,(H,14,15,19). The van der Waals surface area contributed by atoms with E-state index in [0.29, 0.717) is 23.1 Å². The Kier molecular flexibility index (Phi) is 3.96. The van der Waals surface area contributed by atoms with E-state index >= 15 is 0 Å². The van der Waals surface area contributed by atoms with Crippen molar-refractivity contribution < 1.29 is 4.79 Å². The van der Waals surface area contributed by atoms with Crippen LogP contribution in [0.1, 0.15) is 25.5 Å². The van der Waals surface area contributed by atoms with E-state index in [1.165, 1.54) is 11.8 Å². The summed E-state index contributed by atoms with van der Waals surface area (Å²) in [5, 5.41) is 8.70. The molecule has 0 atom stereocenters. The van der Waals surface area contributed by atoms with E-state index in [4.69, 9.17) is 0 Å². The summed E-state index contributed by atoms with van der Waals surface area (Å²) in [4.78, 5) is 28.1. The summed E-state index contributed by atoms with van der Waals surface area (Å²) in [6.45, 7) is 3.68. The highest BCUT2D eigenvalue weighted by atomic mass is 32.2. The molecule has 0 bridgehead atoms. The number of nitrogens with zero attached hydrogens (tertiary/aromatic N) is 4. The van der Waals surface area contributed by atoms with Gasteiger partial charge in [-0.05, 0) is 19.3 Å². The molecule has 0 saturated carbocycles. The van der Waals surface area contributed by atoms with Crippen LogP contribution in [0.3, 0.4) is 0 Å². The lowest BCUT2D eigenvalue weighted by Crippen LogP contribution is -2.29. The molecular weight excluding hydrogens is 290 g/mol. The van der Waals surface area contributed by atoms with Gasteiger partial charge in [-0.3, -0.25) is 19.0 Å². The minimum Gasteiger partial charge on any atom is -0.342 e. The van der Waals surface area contributed by atoms with Crippen molar-refractivity contribution in [1.82, 2.24) is 24.5 Å². The molecule has 3 rings (SSSR count). The van der Waals surface area contributed by atoms with Gasteiger partial charge in [-0.15, -0.1) is 10.2 Å². The number of hydrogen-bond acceptors (Lipinski definition) is 5.